The lowest BCUT2D eigenvalue weighted by molar-refractivity contribution is -0.384. The molecule has 10 nitrogen and oxygen atoms in total. The molecule has 4 amide bonds. The van der Waals surface area contributed by atoms with Gasteiger partial charge >= 0.3 is 6.03 Å². The first kappa shape index (κ1) is 27.1. The zero-order valence-electron chi connectivity index (χ0n) is 21.9. The molecule has 10 heteroatoms. The number of anilines is 1. The molecule has 0 bridgehead atoms. The quantitative estimate of drug-likeness (QED) is 0.194. The van der Waals surface area contributed by atoms with Gasteiger partial charge < -0.3 is 9.47 Å². The van der Waals surface area contributed by atoms with Gasteiger partial charge in [0.15, 0.2) is 11.5 Å². The highest BCUT2D eigenvalue weighted by Gasteiger charge is 2.37. The molecule has 39 heavy (non-hydrogen) atoms. The number of imide groups is 2. The summed E-state index contributed by atoms with van der Waals surface area (Å²) in [7, 11) is 1.44. The number of hydrogen-bond acceptors (Lipinski definition) is 7. The normalized spacial score (nSPS) is 14.8. The number of nitrogens with zero attached hydrogens (tertiary/aromatic N) is 2. The van der Waals surface area contributed by atoms with E-state index in [4.69, 9.17) is 9.47 Å². The lowest BCUT2D eigenvalue weighted by Gasteiger charge is -2.27. The summed E-state index contributed by atoms with van der Waals surface area (Å²) in [4.78, 5) is 49.9. The molecule has 0 aromatic heterocycles. The van der Waals surface area contributed by atoms with Gasteiger partial charge in [0.1, 0.15) is 12.2 Å². The van der Waals surface area contributed by atoms with Crippen molar-refractivity contribution in [1.82, 2.24) is 5.32 Å². The summed E-state index contributed by atoms with van der Waals surface area (Å²) >= 11 is 0. The van der Waals surface area contributed by atoms with Crippen LogP contribution in [0.2, 0.25) is 0 Å². The first-order chi connectivity index (χ1) is 18.5. The van der Waals surface area contributed by atoms with Crippen LogP contribution in [0.5, 0.6) is 11.5 Å². The van der Waals surface area contributed by atoms with Gasteiger partial charge in [-0.05, 0) is 52.4 Å². The second-order valence-corrected chi connectivity index (χ2v) is 9.88. The third kappa shape index (κ3) is 5.96. The zero-order chi connectivity index (χ0) is 28.3. The van der Waals surface area contributed by atoms with Crippen molar-refractivity contribution in [2.45, 2.75) is 32.8 Å². The van der Waals surface area contributed by atoms with Crippen LogP contribution in [-0.2, 0) is 21.6 Å². The molecule has 1 N–H and O–H groups in total. The van der Waals surface area contributed by atoms with Crippen molar-refractivity contribution in [3.05, 3.63) is 99.1 Å². The average Bonchev–Trinajstić information content (AvgIpc) is 2.90. The summed E-state index contributed by atoms with van der Waals surface area (Å²) in [5.41, 5.74) is 2.06. The highest BCUT2D eigenvalue weighted by Crippen LogP contribution is 2.31. The number of hydrogen-bond donors (Lipinski definition) is 1. The van der Waals surface area contributed by atoms with Crippen LogP contribution in [0.15, 0.2) is 72.3 Å². The molecule has 0 atom stereocenters. The number of amides is 4. The van der Waals surface area contributed by atoms with Crippen molar-refractivity contribution >= 4 is 35.3 Å². The van der Waals surface area contributed by atoms with Crippen LogP contribution >= 0.6 is 0 Å². The van der Waals surface area contributed by atoms with Crippen LogP contribution in [0.3, 0.4) is 0 Å². The van der Waals surface area contributed by atoms with Crippen molar-refractivity contribution in [3.63, 3.8) is 0 Å². The van der Waals surface area contributed by atoms with E-state index in [1.807, 2.05) is 12.1 Å². The molecule has 4 rings (SSSR count). The first-order valence-corrected chi connectivity index (χ1v) is 12.0. The summed E-state index contributed by atoms with van der Waals surface area (Å²) in [6.07, 6.45) is 1.37. The molecule has 1 fully saturated rings. The highest BCUT2D eigenvalue weighted by molar-refractivity contribution is 6.39. The van der Waals surface area contributed by atoms with E-state index in [-0.39, 0.29) is 23.3 Å². The van der Waals surface area contributed by atoms with Gasteiger partial charge in [-0.3, -0.25) is 25.0 Å². The van der Waals surface area contributed by atoms with E-state index in [0.29, 0.717) is 28.3 Å². The van der Waals surface area contributed by atoms with E-state index >= 15 is 0 Å². The molecule has 0 spiro atoms. The third-order valence-electron chi connectivity index (χ3n) is 6.11. The monoisotopic (exact) mass is 529 g/mol. The Kier molecular flexibility index (Phi) is 7.48. The molecule has 1 heterocycles. The average molecular weight is 530 g/mol. The van der Waals surface area contributed by atoms with E-state index in [9.17, 15) is 24.5 Å². The molecule has 3 aromatic carbocycles. The maximum Gasteiger partial charge on any atom is 0.335 e. The Morgan fingerprint density at radius 3 is 2.33 bits per heavy atom. The van der Waals surface area contributed by atoms with Gasteiger partial charge in [-0.15, -0.1) is 0 Å². The minimum atomic E-state index is -0.826. The van der Waals surface area contributed by atoms with Crippen LogP contribution in [-0.4, -0.2) is 29.9 Å². The van der Waals surface area contributed by atoms with Crippen LogP contribution in [0.25, 0.3) is 6.08 Å². The van der Waals surface area contributed by atoms with Crippen LogP contribution in [0.4, 0.5) is 16.2 Å². The van der Waals surface area contributed by atoms with Crippen molar-refractivity contribution in [1.29, 1.82) is 0 Å². The lowest BCUT2D eigenvalue weighted by atomic mass is 9.87. The summed E-state index contributed by atoms with van der Waals surface area (Å²) in [5, 5.41) is 13.2. The van der Waals surface area contributed by atoms with Gasteiger partial charge in [0.05, 0.1) is 17.7 Å². The topological polar surface area (TPSA) is 128 Å². The molecular weight excluding hydrogens is 502 g/mol. The van der Waals surface area contributed by atoms with Crippen LogP contribution in [0.1, 0.15) is 37.5 Å². The van der Waals surface area contributed by atoms with Gasteiger partial charge in [0, 0.05) is 12.1 Å². The van der Waals surface area contributed by atoms with Gasteiger partial charge in [0.25, 0.3) is 17.5 Å². The van der Waals surface area contributed by atoms with Gasteiger partial charge in [-0.25, -0.2) is 9.69 Å². The van der Waals surface area contributed by atoms with Crippen molar-refractivity contribution in [2.24, 2.45) is 0 Å². The van der Waals surface area contributed by atoms with Crippen LogP contribution in [0, 0.1) is 10.1 Å². The largest absolute Gasteiger partial charge is 0.493 e. The molecule has 1 aliphatic heterocycles. The number of barbiturate groups is 1. The molecule has 0 aliphatic carbocycles. The fraction of sp³-hybridized carbons (Fsp3) is 0.207. The lowest BCUT2D eigenvalue weighted by Crippen LogP contribution is -2.54. The third-order valence-corrected chi connectivity index (χ3v) is 6.11. The summed E-state index contributed by atoms with van der Waals surface area (Å²) < 4.78 is 11.2. The van der Waals surface area contributed by atoms with E-state index < -0.39 is 22.8 Å². The minimum absolute atomic E-state index is 0.0434. The first-order valence-electron chi connectivity index (χ1n) is 12.0. The van der Waals surface area contributed by atoms with E-state index in [2.05, 4.69) is 26.1 Å². The van der Waals surface area contributed by atoms with Crippen LogP contribution < -0.4 is 19.7 Å². The van der Waals surface area contributed by atoms with E-state index in [0.717, 1.165) is 10.5 Å². The number of nitrogens with one attached hydrogen (secondary N) is 1. The number of carbonyl (C=O) groups is 3. The number of ether oxygens (including phenoxy) is 2. The second-order valence-electron chi connectivity index (χ2n) is 9.88. The number of carbonyl (C=O) groups excluding carboxylic acids is 3. The van der Waals surface area contributed by atoms with Gasteiger partial charge in [-0.1, -0.05) is 51.1 Å². The fourth-order valence-corrected chi connectivity index (χ4v) is 3.98. The Balaban J connectivity index is 1.57. The van der Waals surface area contributed by atoms with Crippen molar-refractivity contribution < 1.29 is 28.8 Å². The predicted molar refractivity (Wildman–Crippen MR) is 145 cm³/mol. The summed E-state index contributed by atoms with van der Waals surface area (Å²) in [6, 6.07) is 17.1. The number of nitro benzene ring substituents is 1. The molecule has 1 saturated heterocycles. The van der Waals surface area contributed by atoms with Gasteiger partial charge in [0.2, 0.25) is 0 Å². The maximum absolute atomic E-state index is 13.3. The number of benzene rings is 3. The van der Waals surface area contributed by atoms with Gasteiger partial charge in [-0.2, -0.15) is 0 Å². The number of urea groups is 1. The second kappa shape index (κ2) is 10.8. The van der Waals surface area contributed by atoms with Crippen molar-refractivity contribution in [3.8, 4) is 11.5 Å². The SMILES string of the molecule is COc1cc(/C=C2\C(=O)NC(=O)N(c3ccc(C(C)(C)C)cc3)C2=O)ccc1OCc1cccc([N+](=O)[O-])c1. The standard InChI is InChI=1S/C29H27N3O7/c1-29(2,3)20-9-11-21(12-10-20)31-27(34)23(26(33)30-28(31)35)15-18-8-13-24(25(16-18)38-4)39-17-19-6-5-7-22(14-19)32(36)37/h5-16H,17H2,1-4H3,(H,30,33,35)/b23-15+. The molecule has 0 unspecified atom stereocenters. The molecule has 1 aliphatic rings. The number of nitro groups is 1. The number of non-ortho nitro benzene ring substituents is 1. The summed E-state index contributed by atoms with van der Waals surface area (Å²) in [6.45, 7) is 6.22. The molecule has 200 valence electrons. The highest BCUT2D eigenvalue weighted by atomic mass is 16.6. The minimum Gasteiger partial charge on any atom is -0.493 e. The van der Waals surface area contributed by atoms with E-state index in [1.54, 1.807) is 42.5 Å². The zero-order valence-corrected chi connectivity index (χ0v) is 21.9. The molecule has 0 radical (unpaired) electrons. The van der Waals surface area contributed by atoms with Crippen molar-refractivity contribution in [2.75, 3.05) is 12.0 Å². The Labute approximate surface area is 225 Å². The Hall–Kier alpha value is -4.99. The molecular formula is C29H27N3O7. The summed E-state index contributed by atoms with van der Waals surface area (Å²) in [5.74, 6) is -0.875. The Morgan fingerprint density at radius 2 is 1.69 bits per heavy atom. The maximum atomic E-state index is 13.3. The number of methoxy groups -OCH3 is 1. The number of rotatable bonds is 7. The molecule has 0 saturated carbocycles. The fourth-order valence-electron chi connectivity index (χ4n) is 3.98. The van der Waals surface area contributed by atoms with E-state index in [1.165, 1.54) is 25.3 Å². The molecule has 3 aromatic rings. The predicted octanol–water partition coefficient (Wildman–Crippen LogP) is 5.15. The Morgan fingerprint density at radius 1 is 0.974 bits per heavy atom. The Bertz CT molecular complexity index is 1490. The smallest absolute Gasteiger partial charge is 0.335 e.